The van der Waals surface area contributed by atoms with E-state index in [1.165, 1.54) is 41.5 Å². The molecule has 3 heteroatoms. The maximum atomic E-state index is 12.8. The third kappa shape index (κ3) is 4.71. The van der Waals surface area contributed by atoms with Gasteiger partial charge in [-0.05, 0) is 81.2 Å². The zero-order valence-electron chi connectivity index (χ0n) is 17.0. The number of benzene rings is 2. The Balaban J connectivity index is 1.67. The monoisotopic (exact) mass is 365 g/mol. The standard InChI is InChI=1S/C24H31NO2/c1-5-22(27-23-13-10-16(2)14-17(23)3)24(26)25-18(4)20-12-11-19-8-6-7-9-21(19)15-20/h10-15,18,22H,5-9H2,1-4H3,(H,25,26)/t18-,22+/m0/s1. The van der Waals surface area contributed by atoms with Crippen molar-refractivity contribution in [2.24, 2.45) is 0 Å². The Kier molecular flexibility index (Phi) is 6.20. The molecule has 2 atom stereocenters. The Morgan fingerprint density at radius 3 is 2.52 bits per heavy atom. The Bertz CT molecular complexity index is 812. The zero-order chi connectivity index (χ0) is 19.4. The molecule has 2 aromatic carbocycles. The fourth-order valence-corrected chi connectivity index (χ4v) is 3.82. The van der Waals surface area contributed by atoms with Crippen molar-refractivity contribution in [1.29, 1.82) is 0 Å². The van der Waals surface area contributed by atoms with Gasteiger partial charge in [0.15, 0.2) is 6.10 Å². The lowest BCUT2D eigenvalue weighted by atomic mass is 9.89. The second-order valence-corrected chi connectivity index (χ2v) is 7.75. The first-order valence-corrected chi connectivity index (χ1v) is 10.1. The normalized spacial score (nSPS) is 15.6. The molecule has 0 saturated carbocycles. The van der Waals surface area contributed by atoms with E-state index in [1.54, 1.807) is 0 Å². The van der Waals surface area contributed by atoms with Crippen LogP contribution in [0.2, 0.25) is 0 Å². The van der Waals surface area contributed by atoms with Gasteiger partial charge in [0.05, 0.1) is 6.04 Å². The first kappa shape index (κ1) is 19.5. The minimum absolute atomic E-state index is 0.0264. The van der Waals surface area contributed by atoms with Gasteiger partial charge >= 0.3 is 0 Å². The molecule has 0 radical (unpaired) electrons. The summed E-state index contributed by atoms with van der Waals surface area (Å²) in [5.41, 5.74) is 6.33. The molecule has 1 aliphatic rings. The van der Waals surface area contributed by atoms with Crippen LogP contribution in [0.1, 0.15) is 67.0 Å². The van der Waals surface area contributed by atoms with E-state index in [-0.39, 0.29) is 11.9 Å². The summed E-state index contributed by atoms with van der Waals surface area (Å²) in [4.78, 5) is 12.8. The molecule has 1 amide bonds. The molecule has 3 rings (SSSR count). The third-order valence-electron chi connectivity index (χ3n) is 5.49. The number of hydrogen-bond acceptors (Lipinski definition) is 2. The predicted octanol–water partition coefficient (Wildman–Crippen LogP) is 5.22. The maximum Gasteiger partial charge on any atom is 0.261 e. The Morgan fingerprint density at radius 2 is 1.81 bits per heavy atom. The van der Waals surface area contributed by atoms with E-state index in [2.05, 4.69) is 36.5 Å². The number of fused-ring (bicyclic) bond motifs is 1. The molecule has 3 nitrogen and oxygen atoms in total. The van der Waals surface area contributed by atoms with E-state index in [0.717, 1.165) is 17.7 Å². The van der Waals surface area contributed by atoms with E-state index >= 15 is 0 Å². The second-order valence-electron chi connectivity index (χ2n) is 7.75. The first-order valence-electron chi connectivity index (χ1n) is 10.1. The fraction of sp³-hybridized carbons (Fsp3) is 0.458. The van der Waals surface area contributed by atoms with Crippen molar-refractivity contribution in [2.45, 2.75) is 71.9 Å². The summed E-state index contributed by atoms with van der Waals surface area (Å²) in [5, 5.41) is 3.14. The van der Waals surface area contributed by atoms with Crippen LogP contribution in [-0.2, 0) is 17.6 Å². The smallest absolute Gasteiger partial charge is 0.261 e. The number of rotatable bonds is 6. The summed E-state index contributed by atoms with van der Waals surface area (Å²) in [7, 11) is 0. The predicted molar refractivity (Wildman–Crippen MR) is 110 cm³/mol. The van der Waals surface area contributed by atoms with Crippen LogP contribution in [0.5, 0.6) is 5.75 Å². The minimum atomic E-state index is -0.480. The lowest BCUT2D eigenvalue weighted by molar-refractivity contribution is -0.128. The highest BCUT2D eigenvalue weighted by atomic mass is 16.5. The Hall–Kier alpha value is -2.29. The van der Waals surface area contributed by atoms with Gasteiger partial charge in [0.25, 0.3) is 5.91 Å². The number of nitrogens with one attached hydrogen (secondary N) is 1. The average molecular weight is 366 g/mol. The molecule has 144 valence electrons. The summed E-state index contributed by atoms with van der Waals surface area (Å²) in [6.45, 7) is 8.10. The molecular formula is C24H31NO2. The highest BCUT2D eigenvalue weighted by Gasteiger charge is 2.22. The van der Waals surface area contributed by atoms with Crippen molar-refractivity contribution in [3.63, 3.8) is 0 Å². The highest BCUT2D eigenvalue weighted by molar-refractivity contribution is 5.81. The summed E-state index contributed by atoms with van der Waals surface area (Å²) in [5.74, 6) is 0.728. The summed E-state index contributed by atoms with van der Waals surface area (Å²) < 4.78 is 6.03. The van der Waals surface area contributed by atoms with Crippen LogP contribution in [0.4, 0.5) is 0 Å². The number of carbonyl (C=O) groups excluding carboxylic acids is 1. The molecule has 0 aliphatic heterocycles. The number of carbonyl (C=O) groups is 1. The van der Waals surface area contributed by atoms with E-state index in [1.807, 2.05) is 32.9 Å². The topological polar surface area (TPSA) is 38.3 Å². The lowest BCUT2D eigenvalue weighted by Crippen LogP contribution is -2.39. The molecule has 2 aromatic rings. The summed E-state index contributed by atoms with van der Waals surface area (Å²) in [6, 6.07) is 12.7. The van der Waals surface area contributed by atoms with Crippen molar-refractivity contribution in [1.82, 2.24) is 5.32 Å². The molecule has 0 unspecified atom stereocenters. The zero-order valence-corrected chi connectivity index (χ0v) is 17.0. The van der Waals surface area contributed by atoms with Crippen molar-refractivity contribution in [3.05, 3.63) is 64.2 Å². The number of hydrogen-bond donors (Lipinski definition) is 1. The summed E-state index contributed by atoms with van der Waals surface area (Å²) >= 11 is 0. The van der Waals surface area contributed by atoms with Gasteiger partial charge in [-0.3, -0.25) is 4.79 Å². The molecular weight excluding hydrogens is 334 g/mol. The van der Waals surface area contributed by atoms with Crippen LogP contribution >= 0.6 is 0 Å². The molecule has 27 heavy (non-hydrogen) atoms. The molecule has 0 heterocycles. The fourth-order valence-electron chi connectivity index (χ4n) is 3.82. The molecule has 0 saturated heterocycles. The van der Waals surface area contributed by atoms with E-state index in [9.17, 15) is 4.79 Å². The van der Waals surface area contributed by atoms with Crippen LogP contribution in [0.3, 0.4) is 0 Å². The Labute approximate surface area is 163 Å². The second kappa shape index (κ2) is 8.60. The van der Waals surface area contributed by atoms with Gasteiger partial charge in [-0.2, -0.15) is 0 Å². The molecule has 0 bridgehead atoms. The quantitative estimate of drug-likeness (QED) is 0.762. The van der Waals surface area contributed by atoms with E-state index in [0.29, 0.717) is 6.42 Å². The van der Waals surface area contributed by atoms with Gasteiger partial charge in [0.2, 0.25) is 0 Å². The number of aryl methyl sites for hydroxylation is 4. The number of ether oxygens (including phenoxy) is 1. The van der Waals surface area contributed by atoms with Crippen molar-refractivity contribution in [3.8, 4) is 5.75 Å². The maximum absolute atomic E-state index is 12.8. The highest BCUT2D eigenvalue weighted by Crippen LogP contribution is 2.25. The van der Waals surface area contributed by atoms with Crippen LogP contribution in [-0.4, -0.2) is 12.0 Å². The average Bonchev–Trinajstić information content (AvgIpc) is 2.66. The van der Waals surface area contributed by atoms with Gasteiger partial charge in [-0.15, -0.1) is 0 Å². The van der Waals surface area contributed by atoms with Gasteiger partial charge in [-0.25, -0.2) is 0 Å². The molecule has 1 aliphatic carbocycles. The van der Waals surface area contributed by atoms with Gasteiger partial charge < -0.3 is 10.1 Å². The molecule has 0 aromatic heterocycles. The number of amides is 1. The third-order valence-corrected chi connectivity index (χ3v) is 5.49. The molecule has 0 fully saturated rings. The van der Waals surface area contributed by atoms with E-state index in [4.69, 9.17) is 4.74 Å². The minimum Gasteiger partial charge on any atom is -0.480 e. The van der Waals surface area contributed by atoms with E-state index < -0.39 is 6.10 Å². The van der Waals surface area contributed by atoms with Crippen molar-refractivity contribution in [2.75, 3.05) is 0 Å². The van der Waals surface area contributed by atoms with Crippen LogP contribution in [0.15, 0.2) is 36.4 Å². The van der Waals surface area contributed by atoms with Crippen molar-refractivity contribution >= 4 is 5.91 Å². The lowest BCUT2D eigenvalue weighted by Gasteiger charge is -2.23. The summed E-state index contributed by atoms with van der Waals surface area (Å²) in [6.07, 6.45) is 5.03. The largest absolute Gasteiger partial charge is 0.480 e. The SMILES string of the molecule is CC[C@@H](Oc1ccc(C)cc1C)C(=O)N[C@@H](C)c1ccc2c(c1)CCCC2. The van der Waals surface area contributed by atoms with Crippen LogP contribution in [0, 0.1) is 13.8 Å². The van der Waals surface area contributed by atoms with Crippen LogP contribution in [0.25, 0.3) is 0 Å². The van der Waals surface area contributed by atoms with Gasteiger partial charge in [-0.1, -0.05) is 42.8 Å². The van der Waals surface area contributed by atoms with Gasteiger partial charge in [0, 0.05) is 0 Å². The molecule has 1 N–H and O–H groups in total. The van der Waals surface area contributed by atoms with Crippen molar-refractivity contribution < 1.29 is 9.53 Å². The van der Waals surface area contributed by atoms with Gasteiger partial charge in [0.1, 0.15) is 5.75 Å². The molecule has 0 spiro atoms. The first-order chi connectivity index (χ1) is 13.0. The Morgan fingerprint density at radius 1 is 1.07 bits per heavy atom. The van der Waals surface area contributed by atoms with Crippen LogP contribution < -0.4 is 10.1 Å².